The lowest BCUT2D eigenvalue weighted by molar-refractivity contribution is -0.118. The Balaban J connectivity index is 0.00000121. The Labute approximate surface area is 173 Å². The SMILES string of the molecule is Cl.Cl.O=C(Nc1ccccc1CN1CCSCC1)C1CC12CCNCC2. The summed E-state index contributed by atoms with van der Waals surface area (Å²) in [6, 6.07) is 8.32. The molecule has 3 aliphatic rings. The molecule has 0 bridgehead atoms. The van der Waals surface area contributed by atoms with Gasteiger partial charge in [-0.05, 0) is 49.4 Å². The van der Waals surface area contributed by atoms with Crippen LogP contribution in [0.4, 0.5) is 5.69 Å². The molecule has 0 radical (unpaired) electrons. The van der Waals surface area contributed by atoms with E-state index in [-0.39, 0.29) is 36.6 Å². The lowest BCUT2D eigenvalue weighted by Crippen LogP contribution is -2.33. The second-order valence-corrected chi connectivity index (χ2v) is 8.63. The summed E-state index contributed by atoms with van der Waals surface area (Å²) in [7, 11) is 0. The number of para-hydroxylation sites is 1. The largest absolute Gasteiger partial charge is 0.326 e. The Bertz CT molecular complexity index is 604. The molecule has 1 spiro atoms. The van der Waals surface area contributed by atoms with Crippen LogP contribution in [0.1, 0.15) is 24.8 Å². The number of nitrogens with one attached hydrogen (secondary N) is 2. The molecule has 1 aliphatic carbocycles. The molecule has 1 unspecified atom stereocenters. The van der Waals surface area contributed by atoms with Gasteiger partial charge in [0.1, 0.15) is 0 Å². The molecule has 0 aromatic heterocycles. The zero-order valence-corrected chi connectivity index (χ0v) is 17.5. The van der Waals surface area contributed by atoms with Crippen molar-refractivity contribution in [2.24, 2.45) is 11.3 Å². The molecule has 3 fully saturated rings. The lowest BCUT2D eigenvalue weighted by atomic mass is 9.91. The van der Waals surface area contributed by atoms with Crippen molar-refractivity contribution in [3.05, 3.63) is 29.8 Å². The van der Waals surface area contributed by atoms with Crippen molar-refractivity contribution in [3.63, 3.8) is 0 Å². The summed E-state index contributed by atoms with van der Waals surface area (Å²) in [6.07, 6.45) is 3.38. The van der Waals surface area contributed by atoms with Crippen molar-refractivity contribution < 1.29 is 4.79 Å². The highest BCUT2D eigenvalue weighted by molar-refractivity contribution is 7.99. The monoisotopic (exact) mass is 417 g/mol. The lowest BCUT2D eigenvalue weighted by Gasteiger charge is -2.27. The van der Waals surface area contributed by atoms with Crippen LogP contribution in [0.5, 0.6) is 0 Å². The van der Waals surface area contributed by atoms with Crippen molar-refractivity contribution in [1.82, 2.24) is 10.2 Å². The summed E-state index contributed by atoms with van der Waals surface area (Å²) >= 11 is 2.03. The van der Waals surface area contributed by atoms with Gasteiger partial charge in [0.2, 0.25) is 5.91 Å². The van der Waals surface area contributed by atoms with Crippen LogP contribution in [0.25, 0.3) is 0 Å². The average Bonchev–Trinajstić information content (AvgIpc) is 3.31. The molecule has 146 valence electrons. The second-order valence-electron chi connectivity index (χ2n) is 7.40. The molecule has 1 aromatic carbocycles. The van der Waals surface area contributed by atoms with Crippen molar-refractivity contribution in [3.8, 4) is 0 Å². The van der Waals surface area contributed by atoms with Gasteiger partial charge in [0, 0.05) is 42.7 Å². The first-order valence-electron chi connectivity index (χ1n) is 9.16. The van der Waals surface area contributed by atoms with E-state index in [2.05, 4.69) is 33.7 Å². The number of nitrogens with zero attached hydrogens (tertiary/aromatic N) is 1. The van der Waals surface area contributed by atoms with Gasteiger partial charge in [-0.1, -0.05) is 18.2 Å². The minimum atomic E-state index is 0. The van der Waals surface area contributed by atoms with Crippen molar-refractivity contribution in [2.45, 2.75) is 25.8 Å². The molecule has 2 aliphatic heterocycles. The first kappa shape index (κ1) is 21.8. The van der Waals surface area contributed by atoms with Crippen LogP contribution in [-0.4, -0.2) is 48.5 Å². The van der Waals surface area contributed by atoms with Gasteiger partial charge in [-0.25, -0.2) is 0 Å². The van der Waals surface area contributed by atoms with Crippen LogP contribution in [0, 0.1) is 11.3 Å². The maximum Gasteiger partial charge on any atom is 0.228 e. The third-order valence-electron chi connectivity index (χ3n) is 5.88. The Morgan fingerprint density at radius 3 is 2.62 bits per heavy atom. The van der Waals surface area contributed by atoms with Crippen LogP contribution in [0.2, 0.25) is 0 Å². The molecule has 1 aromatic rings. The quantitative estimate of drug-likeness (QED) is 0.787. The van der Waals surface area contributed by atoms with Crippen molar-refractivity contribution in [1.29, 1.82) is 0 Å². The van der Waals surface area contributed by atoms with Crippen molar-refractivity contribution in [2.75, 3.05) is 43.0 Å². The molecular weight excluding hydrogens is 389 g/mol. The highest BCUT2D eigenvalue weighted by Crippen LogP contribution is 2.58. The molecule has 4 rings (SSSR count). The molecule has 1 atom stereocenters. The van der Waals surface area contributed by atoms with Gasteiger partial charge in [-0.15, -0.1) is 24.8 Å². The van der Waals surface area contributed by atoms with E-state index in [4.69, 9.17) is 0 Å². The number of amides is 1. The average molecular weight is 418 g/mol. The van der Waals surface area contributed by atoms with Crippen molar-refractivity contribution >= 4 is 48.2 Å². The van der Waals surface area contributed by atoms with Crippen LogP contribution in [0.3, 0.4) is 0 Å². The van der Waals surface area contributed by atoms with Crippen LogP contribution < -0.4 is 10.6 Å². The fourth-order valence-electron chi connectivity index (χ4n) is 4.20. The number of hydrogen-bond acceptors (Lipinski definition) is 4. The molecule has 2 heterocycles. The highest BCUT2D eigenvalue weighted by Gasteiger charge is 2.57. The fraction of sp³-hybridized carbons (Fsp3) is 0.632. The first-order valence-corrected chi connectivity index (χ1v) is 10.3. The summed E-state index contributed by atoms with van der Waals surface area (Å²) in [5, 5.41) is 6.65. The van der Waals surface area contributed by atoms with Crippen LogP contribution in [-0.2, 0) is 11.3 Å². The van der Waals surface area contributed by atoms with Gasteiger partial charge in [0.05, 0.1) is 0 Å². The molecule has 1 amide bonds. The van der Waals surface area contributed by atoms with Gasteiger partial charge in [0.25, 0.3) is 0 Å². The fourth-order valence-corrected chi connectivity index (χ4v) is 5.17. The summed E-state index contributed by atoms with van der Waals surface area (Å²) in [5.74, 6) is 2.89. The maximum atomic E-state index is 12.7. The first-order chi connectivity index (χ1) is 11.8. The van der Waals surface area contributed by atoms with E-state index in [1.807, 2.05) is 17.8 Å². The molecule has 7 heteroatoms. The molecule has 26 heavy (non-hydrogen) atoms. The van der Waals surface area contributed by atoms with Gasteiger partial charge in [0.15, 0.2) is 0 Å². The Morgan fingerprint density at radius 1 is 1.19 bits per heavy atom. The maximum absolute atomic E-state index is 12.7. The number of carbonyl (C=O) groups excluding carboxylic acids is 1. The summed E-state index contributed by atoms with van der Waals surface area (Å²) in [4.78, 5) is 15.2. The predicted molar refractivity (Wildman–Crippen MR) is 115 cm³/mol. The summed E-state index contributed by atoms with van der Waals surface area (Å²) < 4.78 is 0. The number of thioether (sulfide) groups is 1. The number of piperidine rings is 1. The zero-order chi connectivity index (χ0) is 16.4. The highest BCUT2D eigenvalue weighted by atomic mass is 35.5. The number of carbonyl (C=O) groups is 1. The smallest absolute Gasteiger partial charge is 0.228 e. The molecule has 2 saturated heterocycles. The van der Waals surface area contributed by atoms with Gasteiger partial charge >= 0.3 is 0 Å². The van der Waals surface area contributed by atoms with Gasteiger partial charge in [-0.3, -0.25) is 9.69 Å². The van der Waals surface area contributed by atoms with E-state index in [0.29, 0.717) is 5.41 Å². The second kappa shape index (κ2) is 9.65. The molecule has 1 saturated carbocycles. The van der Waals surface area contributed by atoms with E-state index in [1.165, 1.54) is 17.1 Å². The van der Waals surface area contributed by atoms with Crippen LogP contribution in [0.15, 0.2) is 24.3 Å². The van der Waals surface area contributed by atoms with E-state index in [9.17, 15) is 4.79 Å². The number of anilines is 1. The zero-order valence-electron chi connectivity index (χ0n) is 15.0. The third kappa shape index (κ3) is 4.87. The molecule has 4 nitrogen and oxygen atoms in total. The van der Waals surface area contributed by atoms with Gasteiger partial charge in [-0.2, -0.15) is 11.8 Å². The number of benzene rings is 1. The molecule has 2 N–H and O–H groups in total. The van der Waals surface area contributed by atoms with E-state index in [1.54, 1.807) is 0 Å². The standard InChI is InChI=1S/C19H27N3OS.2ClH/c23-18(16-13-19(16)5-7-20-8-6-19)21-17-4-2-1-3-15(17)14-22-9-11-24-12-10-22;;/h1-4,16,20H,5-14H2,(H,21,23);2*1H. The van der Waals surface area contributed by atoms with E-state index < -0.39 is 0 Å². The van der Waals surface area contributed by atoms with E-state index in [0.717, 1.165) is 57.7 Å². The minimum absolute atomic E-state index is 0. The number of hydrogen-bond donors (Lipinski definition) is 2. The number of halogens is 2. The molecular formula is C19H29Cl2N3OS. The minimum Gasteiger partial charge on any atom is -0.326 e. The van der Waals surface area contributed by atoms with E-state index >= 15 is 0 Å². The van der Waals surface area contributed by atoms with Crippen LogP contribution >= 0.6 is 36.6 Å². The predicted octanol–water partition coefficient (Wildman–Crippen LogP) is 3.41. The third-order valence-corrected chi connectivity index (χ3v) is 6.82. The summed E-state index contributed by atoms with van der Waals surface area (Å²) in [5.41, 5.74) is 2.56. The van der Waals surface area contributed by atoms with Gasteiger partial charge < -0.3 is 10.6 Å². The Morgan fingerprint density at radius 2 is 1.88 bits per heavy atom. The Hall–Kier alpha value is -0.460. The Kier molecular flexibility index (Phi) is 8.10. The normalized spacial score (nSPS) is 24.2. The number of rotatable bonds is 4. The topological polar surface area (TPSA) is 44.4 Å². The summed E-state index contributed by atoms with van der Waals surface area (Å²) in [6.45, 7) is 5.36.